The van der Waals surface area contributed by atoms with Crippen molar-refractivity contribution in [2.75, 3.05) is 25.7 Å². The van der Waals surface area contributed by atoms with Gasteiger partial charge in [-0.25, -0.2) is 8.42 Å². The molecule has 2 heterocycles. The largest absolute Gasteiger partial charge is 0.744 e. The quantitative estimate of drug-likeness (QED) is 0.142. The maximum absolute atomic E-state index is 10.4. The second-order valence-corrected chi connectivity index (χ2v) is 15.3. The number of allylic oxidation sites excluding steroid dienone is 4. The zero-order valence-electron chi connectivity index (χ0n) is 28.7. The smallest absolute Gasteiger partial charge is 0.213 e. The first kappa shape index (κ1) is 35.3. The minimum atomic E-state index is -4.27. The third-order valence-corrected chi connectivity index (χ3v) is 10.5. The molecule has 0 radical (unpaired) electrons. The molecule has 2 aliphatic rings. The van der Waals surface area contributed by atoms with Crippen LogP contribution in [0.1, 0.15) is 51.8 Å². The second kappa shape index (κ2) is 14.6. The van der Waals surface area contributed by atoms with Gasteiger partial charge in [0.1, 0.15) is 28.2 Å². The van der Waals surface area contributed by atoms with Gasteiger partial charge in [-0.1, -0.05) is 49.4 Å². The van der Waals surface area contributed by atoms with Crippen molar-refractivity contribution in [3.8, 4) is 11.5 Å². The fourth-order valence-corrected chi connectivity index (χ4v) is 7.96. The van der Waals surface area contributed by atoms with Gasteiger partial charge in [-0.3, -0.25) is 0 Å². The van der Waals surface area contributed by atoms with Gasteiger partial charge in [0.05, 0.1) is 35.2 Å². The van der Waals surface area contributed by atoms with E-state index in [1.165, 1.54) is 55.5 Å². The Labute approximate surface area is 289 Å². The monoisotopic (exact) mass is 684 g/mol. The number of benzene rings is 3. The van der Waals surface area contributed by atoms with Crippen LogP contribution in [0.15, 0.2) is 111 Å². The summed E-state index contributed by atoms with van der Waals surface area (Å²) in [5.41, 5.74) is 7.60. The maximum atomic E-state index is 10.4. The Morgan fingerprint density at radius 1 is 0.917 bits per heavy atom. The van der Waals surface area contributed by atoms with E-state index in [1.54, 1.807) is 26.4 Å². The molecule has 252 valence electrons. The van der Waals surface area contributed by atoms with Crippen molar-refractivity contribution >= 4 is 44.5 Å². The molecule has 9 heteroatoms. The molecule has 0 unspecified atom stereocenters. The molecule has 0 N–H and O–H groups in total. The van der Waals surface area contributed by atoms with Crippen molar-refractivity contribution in [1.82, 2.24) is 0 Å². The number of pyridine rings is 1. The lowest BCUT2D eigenvalue weighted by Gasteiger charge is -2.31. The van der Waals surface area contributed by atoms with Crippen molar-refractivity contribution in [1.29, 1.82) is 0 Å². The highest BCUT2D eigenvalue weighted by atomic mass is 32.2. The molecule has 0 saturated heterocycles. The van der Waals surface area contributed by atoms with Crippen LogP contribution in [-0.4, -0.2) is 33.7 Å². The normalized spacial score (nSPS) is 17.2. The molecular formula is C39H44N2O5S2. The number of anilines is 1. The third-order valence-electron chi connectivity index (χ3n) is 8.53. The highest BCUT2D eigenvalue weighted by molar-refractivity contribution is 8.03. The topological polar surface area (TPSA) is 82.8 Å². The lowest BCUT2D eigenvalue weighted by molar-refractivity contribution is -0.669. The number of nitrogens with zero attached hydrogens (tertiary/aromatic N) is 2. The molecule has 0 amide bonds. The van der Waals surface area contributed by atoms with E-state index in [1.807, 2.05) is 24.8 Å². The van der Waals surface area contributed by atoms with Gasteiger partial charge in [0.2, 0.25) is 11.2 Å². The zero-order chi connectivity index (χ0) is 34.6. The van der Waals surface area contributed by atoms with Gasteiger partial charge in [0.25, 0.3) is 0 Å². The number of ether oxygens (including phenoxy) is 2. The summed E-state index contributed by atoms with van der Waals surface area (Å²) in [5.74, 6) is 1.79. The van der Waals surface area contributed by atoms with Crippen molar-refractivity contribution in [3.05, 3.63) is 112 Å². The number of aromatic nitrogens is 1. The van der Waals surface area contributed by atoms with E-state index in [-0.39, 0.29) is 10.3 Å². The number of fused-ring (bicyclic) bond motifs is 2. The first-order valence-corrected chi connectivity index (χ1v) is 18.4. The van der Waals surface area contributed by atoms with Crippen LogP contribution in [0.3, 0.4) is 0 Å². The van der Waals surface area contributed by atoms with E-state index in [9.17, 15) is 13.0 Å². The summed E-state index contributed by atoms with van der Waals surface area (Å²) in [4.78, 5) is 3.51. The lowest BCUT2D eigenvalue weighted by Crippen LogP contribution is -2.36. The average Bonchev–Trinajstić information content (AvgIpc) is 3.39. The number of methoxy groups -OCH3 is 2. The Kier molecular flexibility index (Phi) is 10.7. The molecule has 0 atom stereocenters. The van der Waals surface area contributed by atoms with E-state index >= 15 is 0 Å². The number of hydrogen-bond donors (Lipinski definition) is 0. The van der Waals surface area contributed by atoms with E-state index < -0.39 is 10.1 Å². The number of aryl methyl sites for hydroxylation is 2. The summed E-state index contributed by atoms with van der Waals surface area (Å²) in [6.45, 7) is 12.9. The van der Waals surface area contributed by atoms with Crippen molar-refractivity contribution in [2.45, 2.75) is 63.8 Å². The van der Waals surface area contributed by atoms with Gasteiger partial charge in [-0.05, 0) is 98.7 Å². The summed E-state index contributed by atoms with van der Waals surface area (Å²) >= 11 is 1.85. The van der Waals surface area contributed by atoms with Crippen molar-refractivity contribution < 1.29 is 27.0 Å². The molecule has 0 bridgehead atoms. The van der Waals surface area contributed by atoms with E-state index in [4.69, 9.17) is 9.47 Å². The summed E-state index contributed by atoms with van der Waals surface area (Å²) in [7, 11) is -0.820. The lowest BCUT2D eigenvalue weighted by atomic mass is 9.75. The van der Waals surface area contributed by atoms with E-state index in [2.05, 4.69) is 97.9 Å². The molecule has 1 aromatic heterocycles. The molecule has 0 saturated carbocycles. The fourth-order valence-electron chi connectivity index (χ4n) is 6.31. The molecule has 48 heavy (non-hydrogen) atoms. The van der Waals surface area contributed by atoms with Crippen LogP contribution in [0.5, 0.6) is 11.5 Å². The van der Waals surface area contributed by atoms with Crippen molar-refractivity contribution in [2.24, 2.45) is 5.41 Å². The molecule has 3 aromatic carbocycles. The predicted octanol–water partition coefficient (Wildman–Crippen LogP) is 8.67. The number of hydrogen-bond acceptors (Lipinski definition) is 7. The van der Waals surface area contributed by atoms with Crippen molar-refractivity contribution in [3.63, 3.8) is 0 Å². The molecule has 6 rings (SSSR count). The van der Waals surface area contributed by atoms with Crippen LogP contribution >= 0.6 is 11.8 Å². The predicted molar refractivity (Wildman–Crippen MR) is 195 cm³/mol. The number of thioether (sulfide) groups is 1. The molecule has 0 fully saturated rings. The first-order valence-electron chi connectivity index (χ1n) is 16.1. The zero-order valence-corrected chi connectivity index (χ0v) is 30.4. The highest BCUT2D eigenvalue weighted by Gasteiger charge is 2.29. The molecule has 0 spiro atoms. The fraction of sp³-hybridized carbons (Fsp3) is 0.308. The van der Waals surface area contributed by atoms with Crippen LogP contribution in [0, 0.1) is 12.3 Å². The second-order valence-electron chi connectivity index (χ2n) is 12.8. The standard InChI is InChI=1S/C32H37N2O2S.C7H8O3S/c1-7-33-25(10-9-24-18-26(35-5)11-13-28(24)33)16-22-15-23(21-32(3,4)20-22)17-31-34(8-2)29-19-27(36-6)12-14-30(29)37-31;1-6-2-4-7(5-3-6)11(8,9)10/h9-19H,7-8,20-21H2,1-6H3;2-5H,1H3,(H,8,9,10)/q+1;/p-1. The Morgan fingerprint density at radius 2 is 1.60 bits per heavy atom. The van der Waals surface area contributed by atoms with Gasteiger partial charge < -0.3 is 18.9 Å². The molecular weight excluding hydrogens is 641 g/mol. The third kappa shape index (κ3) is 8.14. The maximum Gasteiger partial charge on any atom is 0.213 e. The van der Waals surface area contributed by atoms with Crippen LogP contribution in [0.4, 0.5) is 5.69 Å². The minimum absolute atomic E-state index is 0.178. The molecule has 7 nitrogen and oxygen atoms in total. The van der Waals surface area contributed by atoms with Gasteiger partial charge in [-0.2, -0.15) is 4.57 Å². The summed E-state index contributed by atoms with van der Waals surface area (Å²) in [6.07, 6.45) is 9.32. The molecule has 4 aromatic rings. The van der Waals surface area contributed by atoms with Crippen LogP contribution in [0.25, 0.3) is 17.0 Å². The van der Waals surface area contributed by atoms with Gasteiger partial charge in [0, 0.05) is 35.7 Å². The summed E-state index contributed by atoms with van der Waals surface area (Å²) < 4.78 is 44.5. The highest BCUT2D eigenvalue weighted by Crippen LogP contribution is 2.49. The van der Waals surface area contributed by atoms with E-state index in [0.29, 0.717) is 0 Å². The van der Waals surface area contributed by atoms with Crippen LogP contribution < -0.4 is 18.9 Å². The SMILES string of the molecule is CCN1/C(=C\C2=CC(=C/c3ccc4cc(OC)ccc4[n+]3CC)/CC(C)(C)C2)Sc2ccc(OC)cc21.Cc1ccc(S(=O)(=O)[O-])cc1. The first-order chi connectivity index (χ1) is 22.8. The van der Waals surface area contributed by atoms with Gasteiger partial charge in [-0.15, -0.1) is 0 Å². The van der Waals surface area contributed by atoms with Crippen LogP contribution in [0.2, 0.25) is 0 Å². The van der Waals surface area contributed by atoms with Gasteiger partial charge in [0.15, 0.2) is 0 Å². The molecule has 1 aliphatic carbocycles. The Balaban J connectivity index is 0.000000349. The average molecular weight is 685 g/mol. The Hall–Kier alpha value is -4.05. The summed E-state index contributed by atoms with van der Waals surface area (Å²) in [6, 6.07) is 22.9. The van der Waals surface area contributed by atoms with E-state index in [0.717, 1.165) is 43.0 Å². The Morgan fingerprint density at radius 3 is 2.25 bits per heavy atom. The van der Waals surface area contributed by atoms with Crippen LogP contribution in [-0.2, 0) is 16.7 Å². The Bertz CT molecular complexity index is 2010. The minimum Gasteiger partial charge on any atom is -0.744 e. The van der Waals surface area contributed by atoms with Gasteiger partial charge >= 0.3 is 0 Å². The number of rotatable bonds is 7. The molecule has 1 aliphatic heterocycles. The summed E-state index contributed by atoms with van der Waals surface area (Å²) in [5, 5.41) is 2.49.